The molecule has 0 aliphatic heterocycles. The van der Waals surface area contributed by atoms with E-state index < -0.39 is 20.0 Å². The number of unbranched alkanes of at least 4 members (excludes halogenated alkanes) is 35. The number of quaternary nitrogens is 1. The maximum atomic E-state index is 12.8. The number of likely N-dealkylation sites (N-methyl/N-ethyl adjacent to an activating group) is 1. The van der Waals surface area contributed by atoms with Crippen molar-refractivity contribution in [3.63, 3.8) is 0 Å². The third-order valence-electron chi connectivity index (χ3n) is 12.1. The third-order valence-corrected chi connectivity index (χ3v) is 13.1. The fourth-order valence-corrected chi connectivity index (χ4v) is 8.71. The summed E-state index contributed by atoms with van der Waals surface area (Å²) in [6.07, 6.45) is 48.7. The SMILES string of the molecule is CCCCCCCCCCCCCCCCCCCCCCCCCCCCCCCC(O)C(COP(=O)([O-])OCC[N+](C)(C)C)NC(=O)CCCCCCCCCC. The molecule has 0 aromatic heterocycles. The van der Waals surface area contributed by atoms with Crippen molar-refractivity contribution < 1.29 is 32.9 Å². The molecular weight excluding hydrogens is 756 g/mol. The number of hydrogen-bond donors (Lipinski definition) is 2. The van der Waals surface area contributed by atoms with E-state index in [9.17, 15) is 19.4 Å². The first-order valence-corrected chi connectivity index (χ1v) is 27.3. The number of phosphoric acid groups is 1. The first-order valence-electron chi connectivity index (χ1n) is 25.9. The Morgan fingerprint density at radius 3 is 1.15 bits per heavy atom. The zero-order valence-electron chi connectivity index (χ0n) is 40.2. The monoisotopic (exact) mass is 859 g/mol. The number of carbonyl (C=O) groups excluding carboxylic acids is 1. The lowest BCUT2D eigenvalue weighted by Crippen LogP contribution is -2.46. The maximum Gasteiger partial charge on any atom is 0.268 e. The molecule has 0 aliphatic carbocycles. The molecule has 0 heterocycles. The van der Waals surface area contributed by atoms with Crippen LogP contribution in [-0.2, 0) is 18.4 Å². The lowest BCUT2D eigenvalue weighted by molar-refractivity contribution is -0.870. The standard InChI is InChI=1S/C50H103N2O6P/c1-6-8-10-12-14-16-17-18-19-20-21-22-23-24-25-26-27-28-29-30-31-32-33-34-35-36-37-39-41-43-49(53)48(47-58-59(55,56)57-46-45-52(3,4)5)51-50(54)44-42-40-38-15-13-11-9-7-2/h48-49,53H,6-47H2,1-5H3,(H-,51,54,55,56). The van der Waals surface area contributed by atoms with Crippen molar-refractivity contribution in [3.8, 4) is 0 Å². The van der Waals surface area contributed by atoms with Gasteiger partial charge in [-0.25, -0.2) is 0 Å². The summed E-state index contributed by atoms with van der Waals surface area (Å²) in [6.45, 7) is 4.71. The fourth-order valence-electron chi connectivity index (χ4n) is 7.98. The molecule has 0 saturated carbocycles. The number of nitrogens with zero attached hydrogens (tertiary/aromatic N) is 1. The number of carbonyl (C=O) groups is 1. The molecule has 0 aromatic carbocycles. The third kappa shape index (κ3) is 45.3. The van der Waals surface area contributed by atoms with Gasteiger partial charge in [-0.05, 0) is 12.8 Å². The van der Waals surface area contributed by atoms with Crippen molar-refractivity contribution in [3.05, 3.63) is 0 Å². The number of nitrogens with one attached hydrogen (secondary N) is 1. The molecular formula is C50H103N2O6P. The summed E-state index contributed by atoms with van der Waals surface area (Å²) in [7, 11) is 1.32. The van der Waals surface area contributed by atoms with Gasteiger partial charge in [0.1, 0.15) is 13.2 Å². The van der Waals surface area contributed by atoms with E-state index in [0.717, 1.165) is 38.5 Å². The molecule has 0 aliphatic rings. The van der Waals surface area contributed by atoms with Crippen LogP contribution in [0.15, 0.2) is 0 Å². The molecule has 9 heteroatoms. The van der Waals surface area contributed by atoms with Gasteiger partial charge in [0.25, 0.3) is 7.82 Å². The lowest BCUT2D eigenvalue weighted by Gasteiger charge is -2.30. The summed E-state index contributed by atoms with van der Waals surface area (Å²) in [5.74, 6) is -0.166. The van der Waals surface area contributed by atoms with Gasteiger partial charge in [0.15, 0.2) is 0 Å². The predicted molar refractivity (Wildman–Crippen MR) is 252 cm³/mol. The van der Waals surface area contributed by atoms with Crippen LogP contribution in [0.3, 0.4) is 0 Å². The molecule has 1 amide bonds. The van der Waals surface area contributed by atoms with Crippen molar-refractivity contribution in [2.75, 3.05) is 40.9 Å². The number of rotatable bonds is 48. The van der Waals surface area contributed by atoms with Crippen molar-refractivity contribution in [2.24, 2.45) is 0 Å². The Balaban J connectivity index is 3.94. The van der Waals surface area contributed by atoms with Gasteiger partial charge in [-0.3, -0.25) is 9.36 Å². The Morgan fingerprint density at radius 1 is 0.525 bits per heavy atom. The molecule has 0 saturated heterocycles. The van der Waals surface area contributed by atoms with E-state index in [0.29, 0.717) is 23.9 Å². The van der Waals surface area contributed by atoms with Crippen LogP contribution in [-0.4, -0.2) is 68.5 Å². The van der Waals surface area contributed by atoms with Crippen LogP contribution in [0.4, 0.5) is 0 Å². The average molecular weight is 859 g/mol. The second-order valence-corrected chi connectivity index (χ2v) is 20.7. The smallest absolute Gasteiger partial charge is 0.268 e. The molecule has 0 radical (unpaired) electrons. The average Bonchev–Trinajstić information content (AvgIpc) is 3.19. The Labute approximate surface area is 368 Å². The van der Waals surface area contributed by atoms with E-state index in [1.165, 1.54) is 199 Å². The minimum atomic E-state index is -4.55. The minimum absolute atomic E-state index is 0.0158. The van der Waals surface area contributed by atoms with E-state index in [4.69, 9.17) is 9.05 Å². The van der Waals surface area contributed by atoms with Crippen LogP contribution in [0.5, 0.6) is 0 Å². The highest BCUT2D eigenvalue weighted by atomic mass is 31.2. The van der Waals surface area contributed by atoms with Gasteiger partial charge >= 0.3 is 0 Å². The van der Waals surface area contributed by atoms with E-state index in [-0.39, 0.29) is 19.1 Å². The Morgan fingerprint density at radius 2 is 0.831 bits per heavy atom. The highest BCUT2D eigenvalue weighted by molar-refractivity contribution is 7.45. The molecule has 0 rings (SSSR count). The van der Waals surface area contributed by atoms with Crippen molar-refractivity contribution in [1.29, 1.82) is 0 Å². The van der Waals surface area contributed by atoms with Gasteiger partial charge in [0.2, 0.25) is 5.91 Å². The molecule has 0 bridgehead atoms. The number of aliphatic hydroxyl groups is 1. The summed E-state index contributed by atoms with van der Waals surface area (Å²) in [4.78, 5) is 25.2. The second-order valence-electron chi connectivity index (χ2n) is 19.2. The van der Waals surface area contributed by atoms with Crippen LogP contribution >= 0.6 is 7.82 Å². The Hall–Kier alpha value is -0.500. The van der Waals surface area contributed by atoms with Crippen molar-refractivity contribution in [2.45, 2.75) is 276 Å². The molecule has 0 aromatic rings. The maximum absolute atomic E-state index is 12.8. The van der Waals surface area contributed by atoms with Gasteiger partial charge in [-0.15, -0.1) is 0 Å². The van der Waals surface area contributed by atoms with E-state index >= 15 is 0 Å². The van der Waals surface area contributed by atoms with Crippen LogP contribution < -0.4 is 10.2 Å². The van der Waals surface area contributed by atoms with Crippen LogP contribution in [0.1, 0.15) is 264 Å². The zero-order chi connectivity index (χ0) is 43.6. The van der Waals surface area contributed by atoms with Crippen molar-refractivity contribution >= 4 is 13.7 Å². The number of hydrogen-bond acceptors (Lipinski definition) is 6. The normalized spacial score (nSPS) is 14.1. The summed E-state index contributed by atoms with van der Waals surface area (Å²) >= 11 is 0. The topological polar surface area (TPSA) is 108 Å². The van der Waals surface area contributed by atoms with Gasteiger partial charge in [0.05, 0.1) is 39.9 Å². The molecule has 2 N–H and O–H groups in total. The van der Waals surface area contributed by atoms with Crippen molar-refractivity contribution in [1.82, 2.24) is 5.32 Å². The number of aliphatic hydroxyl groups excluding tert-OH is 1. The Kier molecular flexibility index (Phi) is 42.4. The second kappa shape index (κ2) is 42.8. The minimum Gasteiger partial charge on any atom is -0.756 e. The number of phosphoric ester groups is 1. The highest BCUT2D eigenvalue weighted by Crippen LogP contribution is 2.38. The van der Waals surface area contributed by atoms with Crippen LogP contribution in [0.2, 0.25) is 0 Å². The molecule has 3 unspecified atom stereocenters. The molecule has 3 atom stereocenters. The first-order chi connectivity index (χ1) is 28.5. The van der Waals surface area contributed by atoms with Crippen LogP contribution in [0, 0.1) is 0 Å². The Bertz CT molecular complexity index is 932. The van der Waals surface area contributed by atoms with Crippen LogP contribution in [0.25, 0.3) is 0 Å². The van der Waals surface area contributed by atoms with Gasteiger partial charge < -0.3 is 28.8 Å². The molecule has 8 nitrogen and oxygen atoms in total. The zero-order valence-corrected chi connectivity index (χ0v) is 41.1. The van der Waals surface area contributed by atoms with E-state index in [2.05, 4.69) is 19.2 Å². The number of amides is 1. The lowest BCUT2D eigenvalue weighted by atomic mass is 10.0. The van der Waals surface area contributed by atoms with Gasteiger partial charge in [-0.1, -0.05) is 245 Å². The molecule has 59 heavy (non-hydrogen) atoms. The summed E-state index contributed by atoms with van der Waals surface area (Å²) in [5.41, 5.74) is 0. The van der Waals surface area contributed by atoms with E-state index in [1.807, 2.05) is 21.1 Å². The van der Waals surface area contributed by atoms with Gasteiger partial charge in [0, 0.05) is 6.42 Å². The predicted octanol–water partition coefficient (Wildman–Crippen LogP) is 14.3. The molecule has 354 valence electrons. The van der Waals surface area contributed by atoms with E-state index in [1.54, 1.807) is 0 Å². The quantitative estimate of drug-likeness (QED) is 0.0358. The summed E-state index contributed by atoms with van der Waals surface area (Å²) in [5, 5.41) is 13.9. The molecule has 0 fully saturated rings. The largest absolute Gasteiger partial charge is 0.756 e. The summed E-state index contributed by atoms with van der Waals surface area (Å²) in [6, 6.07) is -0.792. The van der Waals surface area contributed by atoms with Gasteiger partial charge in [-0.2, -0.15) is 0 Å². The summed E-state index contributed by atoms with van der Waals surface area (Å²) < 4.78 is 23.2. The highest BCUT2D eigenvalue weighted by Gasteiger charge is 2.24. The first kappa shape index (κ1) is 58.5. The molecule has 0 spiro atoms. The fraction of sp³-hybridized carbons (Fsp3) is 0.980.